The van der Waals surface area contributed by atoms with Gasteiger partial charge >= 0.3 is 0 Å². The molecule has 0 aliphatic carbocycles. The van der Waals surface area contributed by atoms with Crippen LogP contribution in [0.15, 0.2) is 0 Å². The van der Waals surface area contributed by atoms with Crippen molar-refractivity contribution < 1.29 is 0 Å². The molecule has 0 aromatic heterocycles. The first-order chi connectivity index (χ1) is 7.10. The van der Waals surface area contributed by atoms with Gasteiger partial charge in [0, 0.05) is 15.6 Å². The van der Waals surface area contributed by atoms with E-state index < -0.39 is 0 Å². The summed E-state index contributed by atoms with van der Waals surface area (Å²) in [6.07, 6.45) is 2.77. The lowest BCUT2D eigenvalue weighted by Gasteiger charge is -2.34. The van der Waals surface area contributed by atoms with Gasteiger partial charge in [-0.05, 0) is 25.6 Å². The number of rotatable bonds is 8. The number of hydrogen-bond acceptors (Lipinski definition) is 1. The minimum Gasteiger partial charge on any atom is -0.301 e. The predicted molar refractivity (Wildman–Crippen MR) is 74.7 cm³/mol. The maximum absolute atomic E-state index is 2.63. The normalized spacial score (nSPS) is 18.6. The first kappa shape index (κ1) is 15.2. The van der Waals surface area contributed by atoms with Crippen molar-refractivity contribution in [2.45, 2.75) is 71.5 Å². The molecule has 3 atom stereocenters. The SMILES string of the molecule is CCC(C)[SiH2]C(CC)C(C)N(CC)CC. The van der Waals surface area contributed by atoms with Crippen LogP contribution < -0.4 is 0 Å². The van der Waals surface area contributed by atoms with Crippen LogP contribution in [-0.2, 0) is 0 Å². The third-order valence-electron chi connectivity index (χ3n) is 4.00. The molecule has 2 heteroatoms. The van der Waals surface area contributed by atoms with E-state index in [0.29, 0.717) is 0 Å². The average molecular weight is 229 g/mol. The van der Waals surface area contributed by atoms with Gasteiger partial charge in [-0.3, -0.25) is 0 Å². The Morgan fingerprint density at radius 2 is 1.47 bits per heavy atom. The summed E-state index contributed by atoms with van der Waals surface area (Å²) in [4.78, 5) is 2.63. The molecule has 0 rings (SSSR count). The summed E-state index contributed by atoms with van der Waals surface area (Å²) in [5.41, 5.74) is 2.04. The van der Waals surface area contributed by atoms with Gasteiger partial charge < -0.3 is 4.90 Å². The summed E-state index contributed by atoms with van der Waals surface area (Å²) < 4.78 is 0. The predicted octanol–water partition coefficient (Wildman–Crippen LogP) is 3.30. The van der Waals surface area contributed by atoms with E-state index in [1.165, 1.54) is 25.9 Å². The van der Waals surface area contributed by atoms with Crippen LogP contribution in [-0.4, -0.2) is 33.6 Å². The van der Waals surface area contributed by atoms with Crippen LogP contribution in [0.2, 0.25) is 11.1 Å². The Labute approximate surface area is 99.5 Å². The lowest BCUT2D eigenvalue weighted by atomic mass is 10.1. The van der Waals surface area contributed by atoms with Crippen molar-refractivity contribution in [2.75, 3.05) is 13.1 Å². The summed E-state index contributed by atoms with van der Waals surface area (Å²) in [5.74, 6) is 0. The highest BCUT2D eigenvalue weighted by molar-refractivity contribution is 6.39. The fourth-order valence-electron chi connectivity index (χ4n) is 2.49. The molecule has 0 saturated carbocycles. The van der Waals surface area contributed by atoms with E-state index >= 15 is 0 Å². The third kappa shape index (κ3) is 5.16. The fraction of sp³-hybridized carbons (Fsp3) is 1.00. The van der Waals surface area contributed by atoms with Crippen LogP contribution in [0.25, 0.3) is 0 Å². The second kappa shape index (κ2) is 8.34. The van der Waals surface area contributed by atoms with E-state index in [9.17, 15) is 0 Å². The lowest BCUT2D eigenvalue weighted by Crippen LogP contribution is -2.38. The highest BCUT2D eigenvalue weighted by atomic mass is 28.2. The van der Waals surface area contributed by atoms with Crippen molar-refractivity contribution in [3.8, 4) is 0 Å². The highest BCUT2D eigenvalue weighted by Gasteiger charge is 2.21. The maximum atomic E-state index is 2.63. The molecule has 0 amide bonds. The summed E-state index contributed by atoms with van der Waals surface area (Å²) in [6.45, 7) is 16.6. The minimum absolute atomic E-state index is 0.0991. The smallest absolute Gasteiger partial charge is 0.0280 e. The van der Waals surface area contributed by atoms with E-state index in [4.69, 9.17) is 0 Å². The lowest BCUT2D eigenvalue weighted by molar-refractivity contribution is 0.219. The van der Waals surface area contributed by atoms with Crippen molar-refractivity contribution in [1.82, 2.24) is 4.90 Å². The zero-order chi connectivity index (χ0) is 11.8. The minimum atomic E-state index is 0.0991. The van der Waals surface area contributed by atoms with Gasteiger partial charge in [-0.1, -0.05) is 53.0 Å². The van der Waals surface area contributed by atoms with E-state index in [0.717, 1.165) is 17.1 Å². The summed E-state index contributed by atoms with van der Waals surface area (Å²) in [6, 6.07) is 0.811. The molecule has 0 spiro atoms. The first-order valence-electron chi connectivity index (χ1n) is 6.84. The Kier molecular flexibility index (Phi) is 8.44. The molecule has 0 saturated heterocycles. The first-order valence-corrected chi connectivity index (χ1v) is 8.47. The van der Waals surface area contributed by atoms with Crippen LogP contribution >= 0.6 is 0 Å². The fourth-order valence-corrected chi connectivity index (χ4v) is 4.88. The standard InChI is InChI=1S/C13H31NSi/c1-7-11(5)15-13(8-2)12(6)14(9-3)10-4/h11-13H,7-10,15H2,1-6H3. The molecule has 0 N–H and O–H groups in total. The monoisotopic (exact) mass is 229 g/mol. The molecular formula is C13H31NSi. The Morgan fingerprint density at radius 1 is 0.933 bits per heavy atom. The van der Waals surface area contributed by atoms with Crippen LogP contribution in [0.4, 0.5) is 0 Å². The zero-order valence-electron chi connectivity index (χ0n) is 11.7. The Hall–Kier alpha value is 0.177. The zero-order valence-corrected chi connectivity index (χ0v) is 13.1. The van der Waals surface area contributed by atoms with Crippen LogP contribution in [0, 0.1) is 0 Å². The van der Waals surface area contributed by atoms with Gasteiger partial charge in [-0.15, -0.1) is 0 Å². The number of nitrogens with zero attached hydrogens (tertiary/aromatic N) is 1. The number of hydrogen-bond donors (Lipinski definition) is 0. The molecule has 15 heavy (non-hydrogen) atoms. The second-order valence-corrected chi connectivity index (χ2v) is 7.79. The van der Waals surface area contributed by atoms with E-state index in [1.807, 2.05) is 0 Å². The Bertz CT molecular complexity index is 145. The molecule has 0 aliphatic rings. The molecule has 3 unspecified atom stereocenters. The van der Waals surface area contributed by atoms with Crippen molar-refractivity contribution >= 4 is 9.52 Å². The summed E-state index contributed by atoms with van der Waals surface area (Å²) in [5, 5.41) is 0. The highest BCUT2D eigenvalue weighted by Crippen LogP contribution is 2.25. The molecule has 92 valence electrons. The average Bonchev–Trinajstić information content (AvgIpc) is 2.26. The Morgan fingerprint density at radius 3 is 1.80 bits per heavy atom. The summed E-state index contributed by atoms with van der Waals surface area (Å²) in [7, 11) is 0.0991. The third-order valence-corrected chi connectivity index (χ3v) is 7.24. The molecule has 0 heterocycles. The molecule has 0 bridgehead atoms. The van der Waals surface area contributed by atoms with Crippen LogP contribution in [0.3, 0.4) is 0 Å². The van der Waals surface area contributed by atoms with E-state index in [1.54, 1.807) is 0 Å². The molecule has 0 aromatic carbocycles. The van der Waals surface area contributed by atoms with Crippen molar-refractivity contribution in [3.63, 3.8) is 0 Å². The largest absolute Gasteiger partial charge is 0.301 e. The van der Waals surface area contributed by atoms with Gasteiger partial charge in [0.25, 0.3) is 0 Å². The summed E-state index contributed by atoms with van der Waals surface area (Å²) >= 11 is 0. The molecule has 0 radical (unpaired) electrons. The van der Waals surface area contributed by atoms with Crippen LogP contribution in [0.5, 0.6) is 0 Å². The van der Waals surface area contributed by atoms with Gasteiger partial charge in [0.15, 0.2) is 0 Å². The quantitative estimate of drug-likeness (QED) is 0.577. The van der Waals surface area contributed by atoms with E-state index in [2.05, 4.69) is 46.4 Å². The van der Waals surface area contributed by atoms with Crippen molar-refractivity contribution in [3.05, 3.63) is 0 Å². The molecule has 1 nitrogen and oxygen atoms in total. The maximum Gasteiger partial charge on any atom is 0.0280 e. The molecule has 0 aliphatic heterocycles. The van der Waals surface area contributed by atoms with Crippen molar-refractivity contribution in [1.29, 1.82) is 0 Å². The molecule has 0 fully saturated rings. The van der Waals surface area contributed by atoms with Gasteiger partial charge in [-0.25, -0.2) is 0 Å². The van der Waals surface area contributed by atoms with Gasteiger partial charge in [0.1, 0.15) is 0 Å². The van der Waals surface area contributed by atoms with Gasteiger partial charge in [-0.2, -0.15) is 0 Å². The van der Waals surface area contributed by atoms with Crippen molar-refractivity contribution in [2.24, 2.45) is 0 Å². The van der Waals surface area contributed by atoms with E-state index in [-0.39, 0.29) is 9.52 Å². The molecular weight excluding hydrogens is 198 g/mol. The Balaban J connectivity index is 4.24. The second-order valence-electron chi connectivity index (χ2n) is 4.88. The molecule has 0 aromatic rings. The van der Waals surface area contributed by atoms with Crippen LogP contribution in [0.1, 0.15) is 54.4 Å². The van der Waals surface area contributed by atoms with Gasteiger partial charge in [0.2, 0.25) is 0 Å². The van der Waals surface area contributed by atoms with Gasteiger partial charge in [0.05, 0.1) is 0 Å². The topological polar surface area (TPSA) is 3.24 Å².